The molecule has 0 radical (unpaired) electrons. The molecule has 0 saturated heterocycles. The number of carbonyl (C=O) groups is 2. The van der Waals surface area contributed by atoms with Crippen LogP contribution < -0.4 is 0 Å². The van der Waals surface area contributed by atoms with E-state index in [-0.39, 0.29) is 23.6 Å². The van der Waals surface area contributed by atoms with E-state index in [9.17, 15) is 9.59 Å². The third-order valence-electron chi connectivity index (χ3n) is 4.68. The molecule has 3 nitrogen and oxygen atoms in total. The molecule has 0 aromatic rings. The first-order valence-electron chi connectivity index (χ1n) is 6.86. The first-order chi connectivity index (χ1) is 8.54. The van der Waals surface area contributed by atoms with Crippen molar-refractivity contribution in [2.24, 2.45) is 23.7 Å². The van der Waals surface area contributed by atoms with Gasteiger partial charge in [0.1, 0.15) is 0 Å². The summed E-state index contributed by atoms with van der Waals surface area (Å²) in [5.74, 6) is 1.24. The van der Waals surface area contributed by atoms with Crippen molar-refractivity contribution in [3.63, 3.8) is 0 Å². The maximum absolute atomic E-state index is 11.7. The Hall–Kier alpha value is -1.12. The molecule has 0 spiro atoms. The van der Waals surface area contributed by atoms with E-state index in [0.717, 1.165) is 19.3 Å². The molecular weight excluding hydrogens is 228 g/mol. The Morgan fingerprint density at radius 1 is 1.39 bits per heavy atom. The highest BCUT2D eigenvalue weighted by Gasteiger charge is 2.39. The molecule has 0 aromatic heterocycles. The minimum Gasteiger partial charge on any atom is -0.469 e. The van der Waals surface area contributed by atoms with Crippen LogP contribution in [0.25, 0.3) is 0 Å². The summed E-state index contributed by atoms with van der Waals surface area (Å²) < 4.78 is 4.85. The standard InChI is InChI=1S/C15H22O3/c1-9-4-6-13(10(2)15(17)18-3)14-8-11(16)5-7-12(9)14/h8-10,12-13H,4-7H2,1-3H3/t9-,10-,12+,13+/m1/s1. The molecule has 18 heavy (non-hydrogen) atoms. The smallest absolute Gasteiger partial charge is 0.308 e. The van der Waals surface area contributed by atoms with E-state index in [4.69, 9.17) is 4.74 Å². The summed E-state index contributed by atoms with van der Waals surface area (Å²) in [6.07, 6.45) is 5.57. The third kappa shape index (κ3) is 2.36. The van der Waals surface area contributed by atoms with Gasteiger partial charge >= 0.3 is 5.97 Å². The van der Waals surface area contributed by atoms with Gasteiger partial charge in [-0.25, -0.2) is 0 Å². The van der Waals surface area contributed by atoms with Crippen molar-refractivity contribution in [1.29, 1.82) is 0 Å². The SMILES string of the molecule is COC(=O)[C@H](C)[C@@H]1CC[C@@H](C)[C@@H]2CCC(=O)C=C21. The number of hydrogen-bond donors (Lipinski definition) is 0. The van der Waals surface area contributed by atoms with E-state index in [1.807, 2.05) is 13.0 Å². The lowest BCUT2D eigenvalue weighted by Crippen LogP contribution is -2.35. The van der Waals surface area contributed by atoms with Gasteiger partial charge in [0.05, 0.1) is 13.0 Å². The zero-order valence-corrected chi connectivity index (χ0v) is 11.4. The summed E-state index contributed by atoms with van der Waals surface area (Å²) >= 11 is 0. The molecule has 0 N–H and O–H groups in total. The molecule has 0 heterocycles. The molecule has 1 fully saturated rings. The highest BCUT2D eigenvalue weighted by atomic mass is 16.5. The Bertz CT molecular complexity index is 383. The van der Waals surface area contributed by atoms with Gasteiger partial charge in [-0.2, -0.15) is 0 Å². The Morgan fingerprint density at radius 3 is 2.78 bits per heavy atom. The molecule has 0 amide bonds. The highest BCUT2D eigenvalue weighted by Crippen LogP contribution is 2.45. The average molecular weight is 250 g/mol. The van der Waals surface area contributed by atoms with Gasteiger partial charge < -0.3 is 4.74 Å². The first kappa shape index (κ1) is 13.3. The topological polar surface area (TPSA) is 43.4 Å². The van der Waals surface area contributed by atoms with Crippen molar-refractivity contribution in [2.75, 3.05) is 7.11 Å². The number of fused-ring (bicyclic) bond motifs is 1. The first-order valence-corrected chi connectivity index (χ1v) is 6.86. The summed E-state index contributed by atoms with van der Waals surface area (Å²) in [6.45, 7) is 4.18. The molecule has 2 aliphatic carbocycles. The van der Waals surface area contributed by atoms with E-state index < -0.39 is 0 Å². The fraction of sp³-hybridized carbons (Fsp3) is 0.733. The Morgan fingerprint density at radius 2 is 2.11 bits per heavy atom. The number of rotatable bonds is 2. The maximum atomic E-state index is 11.7. The van der Waals surface area contributed by atoms with Crippen LogP contribution in [0.3, 0.4) is 0 Å². The fourth-order valence-corrected chi connectivity index (χ4v) is 3.52. The second kappa shape index (κ2) is 5.25. The number of esters is 1. The van der Waals surface area contributed by atoms with Crippen molar-refractivity contribution < 1.29 is 14.3 Å². The van der Waals surface area contributed by atoms with Crippen LogP contribution in [0.1, 0.15) is 39.5 Å². The summed E-state index contributed by atoms with van der Waals surface area (Å²) in [5.41, 5.74) is 1.21. The van der Waals surface area contributed by atoms with Gasteiger partial charge in [0.15, 0.2) is 5.78 Å². The Labute approximate surface area is 109 Å². The molecule has 3 heteroatoms. The van der Waals surface area contributed by atoms with E-state index in [0.29, 0.717) is 18.3 Å². The molecule has 0 aliphatic heterocycles. The van der Waals surface area contributed by atoms with Crippen molar-refractivity contribution in [3.05, 3.63) is 11.6 Å². The largest absolute Gasteiger partial charge is 0.469 e. The van der Waals surface area contributed by atoms with Gasteiger partial charge in [0.25, 0.3) is 0 Å². The van der Waals surface area contributed by atoms with Crippen LogP contribution in [0.4, 0.5) is 0 Å². The van der Waals surface area contributed by atoms with Gasteiger partial charge in [-0.05, 0) is 43.1 Å². The second-order valence-corrected chi connectivity index (χ2v) is 5.73. The van der Waals surface area contributed by atoms with E-state index in [1.54, 1.807) is 0 Å². The lowest BCUT2D eigenvalue weighted by atomic mass is 9.64. The number of allylic oxidation sites excluding steroid dienone is 2. The summed E-state index contributed by atoms with van der Waals surface area (Å²) in [7, 11) is 1.43. The third-order valence-corrected chi connectivity index (χ3v) is 4.68. The zero-order chi connectivity index (χ0) is 13.3. The second-order valence-electron chi connectivity index (χ2n) is 5.73. The zero-order valence-electron chi connectivity index (χ0n) is 11.4. The molecular formula is C15H22O3. The van der Waals surface area contributed by atoms with Crippen molar-refractivity contribution in [2.45, 2.75) is 39.5 Å². The summed E-state index contributed by atoms with van der Waals surface area (Å²) in [4.78, 5) is 23.4. The van der Waals surface area contributed by atoms with Crippen molar-refractivity contribution in [3.8, 4) is 0 Å². The summed E-state index contributed by atoms with van der Waals surface area (Å²) in [6, 6.07) is 0. The lowest BCUT2D eigenvalue weighted by Gasteiger charge is -2.40. The minimum atomic E-state index is -0.160. The predicted octanol–water partition coefficient (Wildman–Crippen LogP) is 2.75. The van der Waals surface area contributed by atoms with Gasteiger partial charge in [-0.15, -0.1) is 0 Å². The van der Waals surface area contributed by atoms with Crippen LogP contribution in [0.2, 0.25) is 0 Å². The van der Waals surface area contributed by atoms with Crippen molar-refractivity contribution >= 4 is 11.8 Å². The number of carbonyl (C=O) groups excluding carboxylic acids is 2. The molecule has 0 aromatic carbocycles. The van der Waals surface area contributed by atoms with E-state index in [1.165, 1.54) is 12.7 Å². The van der Waals surface area contributed by atoms with Crippen LogP contribution in [-0.4, -0.2) is 18.9 Å². The quantitative estimate of drug-likeness (QED) is 0.708. The van der Waals surface area contributed by atoms with Crippen LogP contribution in [0.5, 0.6) is 0 Å². The Balaban J connectivity index is 2.25. The maximum Gasteiger partial charge on any atom is 0.308 e. The molecule has 0 unspecified atom stereocenters. The average Bonchev–Trinajstić information content (AvgIpc) is 2.37. The normalized spacial score (nSPS) is 33.4. The van der Waals surface area contributed by atoms with E-state index in [2.05, 4.69) is 6.92 Å². The van der Waals surface area contributed by atoms with E-state index >= 15 is 0 Å². The number of hydrogen-bond acceptors (Lipinski definition) is 3. The van der Waals surface area contributed by atoms with Crippen molar-refractivity contribution in [1.82, 2.24) is 0 Å². The monoisotopic (exact) mass is 250 g/mol. The van der Waals surface area contributed by atoms with Gasteiger partial charge in [0.2, 0.25) is 0 Å². The molecule has 2 rings (SSSR count). The van der Waals surface area contributed by atoms with Crippen LogP contribution in [0, 0.1) is 23.7 Å². The molecule has 0 bridgehead atoms. The number of ketones is 1. The van der Waals surface area contributed by atoms with Gasteiger partial charge in [-0.3, -0.25) is 9.59 Å². The molecule has 2 aliphatic rings. The number of ether oxygens (including phenoxy) is 1. The predicted molar refractivity (Wildman–Crippen MR) is 68.9 cm³/mol. The van der Waals surface area contributed by atoms with Gasteiger partial charge in [-0.1, -0.05) is 19.4 Å². The molecule has 1 saturated carbocycles. The van der Waals surface area contributed by atoms with Gasteiger partial charge in [0, 0.05) is 6.42 Å². The highest BCUT2D eigenvalue weighted by molar-refractivity contribution is 5.91. The van der Waals surface area contributed by atoms with Crippen LogP contribution in [0.15, 0.2) is 11.6 Å². The number of methoxy groups -OCH3 is 1. The Kier molecular flexibility index (Phi) is 3.88. The molecule has 4 atom stereocenters. The van der Waals surface area contributed by atoms with Crippen LogP contribution in [-0.2, 0) is 14.3 Å². The lowest BCUT2D eigenvalue weighted by molar-refractivity contribution is -0.146. The molecule has 100 valence electrons. The van der Waals surface area contributed by atoms with Crippen LogP contribution >= 0.6 is 0 Å². The fourth-order valence-electron chi connectivity index (χ4n) is 3.52. The minimum absolute atomic E-state index is 0.137. The summed E-state index contributed by atoms with van der Waals surface area (Å²) in [5, 5.41) is 0.